The van der Waals surface area contributed by atoms with E-state index in [-0.39, 0.29) is 11.9 Å². The van der Waals surface area contributed by atoms with Gasteiger partial charge in [-0.25, -0.2) is 0 Å². The van der Waals surface area contributed by atoms with E-state index in [1.807, 2.05) is 31.2 Å². The Morgan fingerprint density at radius 3 is 2.55 bits per heavy atom. The van der Waals surface area contributed by atoms with E-state index in [0.29, 0.717) is 11.3 Å². The first kappa shape index (κ1) is 15.1. The highest BCUT2D eigenvalue weighted by atomic mass is 79.9. The van der Waals surface area contributed by atoms with E-state index in [1.54, 1.807) is 18.2 Å². The van der Waals surface area contributed by atoms with Crippen LogP contribution in [0, 0.1) is 0 Å². The molecule has 2 aromatic rings. The van der Waals surface area contributed by atoms with Crippen LogP contribution in [-0.4, -0.2) is 5.91 Å². The lowest BCUT2D eigenvalue weighted by Gasteiger charge is -2.16. The van der Waals surface area contributed by atoms with Gasteiger partial charge in [0.25, 0.3) is 5.91 Å². The number of hydrogen-bond donors (Lipinski definition) is 2. The van der Waals surface area contributed by atoms with Crippen LogP contribution in [-0.2, 0) is 0 Å². The molecule has 0 bridgehead atoms. The molecule has 5 heteroatoms. The van der Waals surface area contributed by atoms with Crippen molar-refractivity contribution in [3.05, 3.63) is 62.5 Å². The van der Waals surface area contributed by atoms with E-state index in [0.717, 1.165) is 14.5 Å². The molecular weight excluding hydrogens is 384 g/mol. The first-order chi connectivity index (χ1) is 9.49. The minimum Gasteiger partial charge on any atom is -0.398 e. The quantitative estimate of drug-likeness (QED) is 0.759. The van der Waals surface area contributed by atoms with Crippen molar-refractivity contribution in [3.63, 3.8) is 0 Å². The minimum atomic E-state index is -0.182. The van der Waals surface area contributed by atoms with Crippen molar-refractivity contribution in [3.8, 4) is 0 Å². The highest BCUT2D eigenvalue weighted by Crippen LogP contribution is 2.24. The number of nitrogens with one attached hydrogen (secondary N) is 1. The minimum absolute atomic E-state index is 0.110. The standard InChI is InChI=1S/C15H14Br2N2O/c1-9(11-4-2-3-5-13(11)17)19-15(20)12-7-6-10(16)8-14(12)18/h2-9H,18H2,1H3,(H,19,20). The number of nitrogens with two attached hydrogens (primary N) is 1. The van der Waals surface area contributed by atoms with Gasteiger partial charge in [0.2, 0.25) is 0 Å². The fourth-order valence-electron chi connectivity index (χ4n) is 1.92. The van der Waals surface area contributed by atoms with Gasteiger partial charge >= 0.3 is 0 Å². The Hall–Kier alpha value is -1.33. The lowest BCUT2D eigenvalue weighted by atomic mass is 10.1. The van der Waals surface area contributed by atoms with Gasteiger partial charge in [0, 0.05) is 14.6 Å². The fourth-order valence-corrected chi connectivity index (χ4v) is 2.93. The van der Waals surface area contributed by atoms with E-state index < -0.39 is 0 Å². The van der Waals surface area contributed by atoms with E-state index in [1.165, 1.54) is 0 Å². The number of carbonyl (C=O) groups excluding carboxylic acids is 1. The molecule has 0 saturated carbocycles. The summed E-state index contributed by atoms with van der Waals surface area (Å²) in [7, 11) is 0. The molecule has 0 aliphatic heterocycles. The topological polar surface area (TPSA) is 55.1 Å². The van der Waals surface area contributed by atoms with Crippen LogP contribution in [0.4, 0.5) is 5.69 Å². The van der Waals surface area contributed by atoms with E-state index in [4.69, 9.17) is 5.73 Å². The van der Waals surface area contributed by atoms with Gasteiger partial charge in [-0.1, -0.05) is 50.1 Å². The smallest absolute Gasteiger partial charge is 0.253 e. The van der Waals surface area contributed by atoms with Crippen LogP contribution in [0.5, 0.6) is 0 Å². The lowest BCUT2D eigenvalue weighted by molar-refractivity contribution is 0.0940. The zero-order valence-electron chi connectivity index (χ0n) is 10.9. The number of amides is 1. The maximum atomic E-state index is 12.3. The van der Waals surface area contributed by atoms with E-state index in [2.05, 4.69) is 37.2 Å². The molecule has 0 aromatic heterocycles. The van der Waals surface area contributed by atoms with Gasteiger partial charge in [-0.2, -0.15) is 0 Å². The van der Waals surface area contributed by atoms with Crippen LogP contribution in [0.2, 0.25) is 0 Å². The second kappa shape index (κ2) is 6.41. The van der Waals surface area contributed by atoms with Gasteiger partial charge in [0.1, 0.15) is 0 Å². The average molecular weight is 398 g/mol. The monoisotopic (exact) mass is 396 g/mol. The van der Waals surface area contributed by atoms with Crippen LogP contribution in [0.3, 0.4) is 0 Å². The molecule has 1 amide bonds. The van der Waals surface area contributed by atoms with Crippen LogP contribution in [0.15, 0.2) is 51.4 Å². The van der Waals surface area contributed by atoms with Crippen LogP contribution in [0.25, 0.3) is 0 Å². The van der Waals surface area contributed by atoms with Crippen molar-refractivity contribution < 1.29 is 4.79 Å². The molecule has 0 saturated heterocycles. The molecule has 0 spiro atoms. The summed E-state index contributed by atoms with van der Waals surface area (Å²) in [6.45, 7) is 1.94. The number of benzene rings is 2. The third-order valence-electron chi connectivity index (χ3n) is 2.98. The summed E-state index contributed by atoms with van der Waals surface area (Å²) < 4.78 is 1.82. The van der Waals surface area contributed by atoms with E-state index in [9.17, 15) is 4.79 Å². The summed E-state index contributed by atoms with van der Waals surface area (Å²) in [5.74, 6) is -0.182. The molecule has 0 radical (unpaired) electrons. The number of carbonyl (C=O) groups is 1. The predicted octanol–water partition coefficient (Wildman–Crippen LogP) is 4.28. The largest absolute Gasteiger partial charge is 0.398 e. The first-order valence-electron chi connectivity index (χ1n) is 6.09. The molecule has 0 aliphatic rings. The van der Waals surface area contributed by atoms with Gasteiger partial charge in [-0.15, -0.1) is 0 Å². The number of anilines is 1. The number of nitrogen functional groups attached to an aromatic ring is 1. The van der Waals surface area contributed by atoms with Crippen molar-refractivity contribution in [1.29, 1.82) is 0 Å². The summed E-state index contributed by atoms with van der Waals surface area (Å²) in [4.78, 5) is 12.3. The Morgan fingerprint density at radius 2 is 1.90 bits per heavy atom. The Balaban J connectivity index is 2.17. The van der Waals surface area contributed by atoms with Gasteiger partial charge in [-0.05, 0) is 36.8 Å². The number of halogens is 2. The SMILES string of the molecule is CC(NC(=O)c1ccc(Br)cc1N)c1ccccc1Br. The molecule has 2 aromatic carbocycles. The number of rotatable bonds is 3. The summed E-state index contributed by atoms with van der Waals surface area (Å²) in [6, 6.07) is 12.9. The Bertz CT molecular complexity index is 644. The normalized spacial score (nSPS) is 11.9. The van der Waals surface area contributed by atoms with Crippen LogP contribution in [0.1, 0.15) is 28.9 Å². The third-order valence-corrected chi connectivity index (χ3v) is 4.19. The Morgan fingerprint density at radius 1 is 1.20 bits per heavy atom. The van der Waals surface area contributed by atoms with Crippen molar-refractivity contribution in [1.82, 2.24) is 5.32 Å². The van der Waals surface area contributed by atoms with Crippen molar-refractivity contribution in [2.75, 3.05) is 5.73 Å². The van der Waals surface area contributed by atoms with E-state index >= 15 is 0 Å². The Kier molecular flexibility index (Phi) is 4.83. The predicted molar refractivity (Wildman–Crippen MR) is 88.6 cm³/mol. The molecule has 1 unspecified atom stereocenters. The first-order valence-corrected chi connectivity index (χ1v) is 7.68. The maximum Gasteiger partial charge on any atom is 0.253 e. The molecule has 2 rings (SSSR count). The van der Waals surface area contributed by atoms with Crippen LogP contribution < -0.4 is 11.1 Å². The average Bonchev–Trinajstić information content (AvgIpc) is 2.38. The molecule has 104 valence electrons. The molecule has 0 heterocycles. The second-order valence-corrected chi connectivity index (χ2v) is 6.22. The summed E-state index contributed by atoms with van der Waals surface area (Å²) in [5.41, 5.74) is 7.82. The highest BCUT2D eigenvalue weighted by Gasteiger charge is 2.15. The lowest BCUT2D eigenvalue weighted by Crippen LogP contribution is -2.27. The second-order valence-electron chi connectivity index (χ2n) is 4.45. The summed E-state index contributed by atoms with van der Waals surface area (Å²) >= 11 is 6.81. The molecular formula is C15H14Br2N2O. The van der Waals surface area contributed by atoms with Crippen molar-refractivity contribution >= 4 is 43.5 Å². The third kappa shape index (κ3) is 3.41. The van der Waals surface area contributed by atoms with Crippen molar-refractivity contribution in [2.24, 2.45) is 0 Å². The Labute approximate surface area is 134 Å². The summed E-state index contributed by atoms with van der Waals surface area (Å²) in [6.07, 6.45) is 0. The molecule has 3 N–H and O–H groups in total. The van der Waals surface area contributed by atoms with Crippen molar-refractivity contribution in [2.45, 2.75) is 13.0 Å². The maximum absolute atomic E-state index is 12.3. The molecule has 20 heavy (non-hydrogen) atoms. The van der Waals surface area contributed by atoms with Gasteiger partial charge in [0.05, 0.1) is 11.6 Å². The molecule has 3 nitrogen and oxygen atoms in total. The molecule has 1 atom stereocenters. The molecule has 0 fully saturated rings. The zero-order valence-corrected chi connectivity index (χ0v) is 14.0. The van der Waals surface area contributed by atoms with Crippen LogP contribution >= 0.6 is 31.9 Å². The highest BCUT2D eigenvalue weighted by molar-refractivity contribution is 9.10. The molecule has 0 aliphatic carbocycles. The summed E-state index contributed by atoms with van der Waals surface area (Å²) in [5, 5.41) is 2.95. The van der Waals surface area contributed by atoms with Gasteiger partial charge < -0.3 is 11.1 Å². The van der Waals surface area contributed by atoms with Gasteiger partial charge in [0.15, 0.2) is 0 Å². The number of hydrogen-bond acceptors (Lipinski definition) is 2. The fraction of sp³-hybridized carbons (Fsp3) is 0.133. The zero-order chi connectivity index (χ0) is 14.7. The van der Waals surface area contributed by atoms with Gasteiger partial charge in [-0.3, -0.25) is 4.79 Å².